The van der Waals surface area contributed by atoms with Crippen molar-refractivity contribution in [2.24, 2.45) is 0 Å². The fourth-order valence-corrected chi connectivity index (χ4v) is 6.03. The number of carbonyl (C=O) groups is 1. The second-order valence-electron chi connectivity index (χ2n) is 12.9. The van der Waals surface area contributed by atoms with Gasteiger partial charge in [0.2, 0.25) is 0 Å². The largest absolute Gasteiger partial charge is 0.465 e. The molecular weight excluding hydrogens is 525 g/mol. The molecular formula is C25H40FN5O5Si2. The van der Waals surface area contributed by atoms with Gasteiger partial charge in [-0.1, -0.05) is 47.5 Å². The van der Waals surface area contributed by atoms with Crippen LogP contribution >= 0.6 is 0 Å². The summed E-state index contributed by atoms with van der Waals surface area (Å²) < 4.78 is 35.8. The van der Waals surface area contributed by atoms with E-state index in [4.69, 9.17) is 25.1 Å². The summed E-state index contributed by atoms with van der Waals surface area (Å²) in [7, 11) is -4.49. The highest BCUT2D eigenvalue weighted by Gasteiger charge is 2.54. The minimum absolute atomic E-state index is 0.0425. The van der Waals surface area contributed by atoms with Crippen molar-refractivity contribution in [1.29, 1.82) is 0 Å². The van der Waals surface area contributed by atoms with Gasteiger partial charge in [-0.2, -0.15) is 14.4 Å². The summed E-state index contributed by atoms with van der Waals surface area (Å²) in [5.41, 5.74) is -1.04. The Morgan fingerprint density at radius 1 is 1.24 bits per heavy atom. The summed E-state index contributed by atoms with van der Waals surface area (Å²) in [5.74, 6) is 2.60. The van der Waals surface area contributed by atoms with Gasteiger partial charge in [0, 0.05) is 6.42 Å². The molecule has 0 aromatic carbocycles. The Morgan fingerprint density at radius 2 is 1.84 bits per heavy atom. The maximum absolute atomic E-state index is 14.3. The third-order valence-electron chi connectivity index (χ3n) is 8.15. The zero-order valence-corrected chi connectivity index (χ0v) is 26.0. The van der Waals surface area contributed by atoms with Gasteiger partial charge in [0.05, 0.1) is 19.0 Å². The fraction of sp³-hybridized carbons (Fsp3) is 0.680. The Morgan fingerprint density at radius 3 is 2.37 bits per heavy atom. The molecule has 3 rings (SSSR count). The number of hydrogen-bond donors (Lipinski definition) is 2. The van der Waals surface area contributed by atoms with Crippen LogP contribution in [0.3, 0.4) is 0 Å². The molecule has 0 spiro atoms. The number of halogens is 1. The number of nitrogens with zero attached hydrogens (tertiary/aromatic N) is 4. The summed E-state index contributed by atoms with van der Waals surface area (Å²) in [4.78, 5) is 22.9. The van der Waals surface area contributed by atoms with Crippen LogP contribution in [0.2, 0.25) is 36.3 Å². The van der Waals surface area contributed by atoms with Crippen LogP contribution in [0.4, 0.5) is 15.0 Å². The molecule has 38 heavy (non-hydrogen) atoms. The number of anilines is 1. The van der Waals surface area contributed by atoms with Crippen molar-refractivity contribution in [3.63, 3.8) is 0 Å². The third-order valence-corrected chi connectivity index (χ3v) is 17.1. The van der Waals surface area contributed by atoms with Gasteiger partial charge in [-0.25, -0.2) is 9.78 Å². The number of nitrogens with one attached hydrogen (secondary N) is 1. The van der Waals surface area contributed by atoms with Crippen LogP contribution in [0.25, 0.3) is 11.2 Å². The first-order valence-electron chi connectivity index (χ1n) is 12.6. The molecule has 2 N–H and O–H groups in total. The monoisotopic (exact) mass is 565 g/mol. The molecule has 2 aromatic heterocycles. The summed E-state index contributed by atoms with van der Waals surface area (Å²) in [6.07, 6.45) is 4.22. The highest BCUT2D eigenvalue weighted by molar-refractivity contribution is 6.74. The Labute approximate surface area is 226 Å². The van der Waals surface area contributed by atoms with Crippen molar-refractivity contribution in [3.8, 4) is 12.3 Å². The molecule has 0 bridgehead atoms. The van der Waals surface area contributed by atoms with E-state index in [1.54, 1.807) is 4.57 Å². The second-order valence-corrected chi connectivity index (χ2v) is 22.4. The lowest BCUT2D eigenvalue weighted by Crippen LogP contribution is -2.54. The number of amides is 1. The summed E-state index contributed by atoms with van der Waals surface area (Å²) in [5, 5.41) is 11.1. The fourth-order valence-electron chi connectivity index (χ4n) is 3.68. The molecule has 1 fully saturated rings. The van der Waals surface area contributed by atoms with E-state index in [-0.39, 0.29) is 33.7 Å². The van der Waals surface area contributed by atoms with Crippen molar-refractivity contribution in [2.45, 2.75) is 102 Å². The molecule has 1 aliphatic heterocycles. The smallest absolute Gasteiger partial charge is 0.410 e. The lowest BCUT2D eigenvalue weighted by Gasteiger charge is -2.43. The van der Waals surface area contributed by atoms with Crippen molar-refractivity contribution in [2.75, 3.05) is 11.9 Å². The number of ether oxygens (including phenoxy) is 1. The maximum atomic E-state index is 14.3. The number of terminal acetylenes is 1. The van der Waals surface area contributed by atoms with Crippen LogP contribution in [0, 0.1) is 18.4 Å². The summed E-state index contributed by atoms with van der Waals surface area (Å²) in [6, 6.07) is 0. The van der Waals surface area contributed by atoms with Crippen molar-refractivity contribution < 1.29 is 27.9 Å². The van der Waals surface area contributed by atoms with E-state index in [0.717, 1.165) is 0 Å². The van der Waals surface area contributed by atoms with E-state index >= 15 is 0 Å². The highest BCUT2D eigenvalue weighted by Crippen LogP contribution is 2.46. The topological polar surface area (TPSA) is 121 Å². The van der Waals surface area contributed by atoms with E-state index < -0.39 is 46.7 Å². The molecule has 0 saturated carbocycles. The van der Waals surface area contributed by atoms with Crippen LogP contribution in [-0.2, 0) is 13.6 Å². The van der Waals surface area contributed by atoms with E-state index in [9.17, 15) is 9.18 Å². The summed E-state index contributed by atoms with van der Waals surface area (Å²) in [6.45, 7) is 21.6. The van der Waals surface area contributed by atoms with Crippen molar-refractivity contribution in [1.82, 2.24) is 19.5 Å². The molecule has 13 heteroatoms. The van der Waals surface area contributed by atoms with Crippen LogP contribution in [0.15, 0.2) is 6.33 Å². The first-order chi connectivity index (χ1) is 17.2. The average molecular weight is 566 g/mol. The number of fused-ring (bicyclic) bond motifs is 1. The van der Waals surface area contributed by atoms with Gasteiger partial charge in [0.15, 0.2) is 39.2 Å². The molecule has 1 amide bonds. The number of rotatable bonds is 7. The molecule has 0 aliphatic carbocycles. The zero-order chi connectivity index (χ0) is 28.9. The van der Waals surface area contributed by atoms with Crippen LogP contribution in [-0.4, -0.2) is 65.7 Å². The average Bonchev–Trinajstić information content (AvgIpc) is 3.32. The second kappa shape index (κ2) is 9.98. The van der Waals surface area contributed by atoms with Gasteiger partial charge < -0.3 is 18.7 Å². The van der Waals surface area contributed by atoms with E-state index in [1.165, 1.54) is 6.33 Å². The van der Waals surface area contributed by atoms with E-state index in [1.807, 2.05) is 0 Å². The van der Waals surface area contributed by atoms with Crippen molar-refractivity contribution in [3.05, 3.63) is 12.4 Å². The minimum atomic E-state index is -2.30. The first-order valence-corrected chi connectivity index (χ1v) is 18.4. The Bertz CT molecular complexity index is 1250. The predicted octanol–water partition coefficient (Wildman–Crippen LogP) is 5.76. The molecule has 2 aromatic rings. The van der Waals surface area contributed by atoms with Gasteiger partial charge >= 0.3 is 12.2 Å². The number of carboxylic acid groups (broad SMARTS) is 1. The van der Waals surface area contributed by atoms with Crippen LogP contribution < -0.4 is 5.32 Å². The van der Waals surface area contributed by atoms with Gasteiger partial charge in [-0.3, -0.25) is 9.88 Å². The quantitative estimate of drug-likeness (QED) is 0.247. The molecule has 10 nitrogen and oxygen atoms in total. The predicted molar refractivity (Wildman–Crippen MR) is 148 cm³/mol. The molecule has 3 heterocycles. The van der Waals surface area contributed by atoms with Crippen LogP contribution in [0.1, 0.15) is 54.2 Å². The van der Waals surface area contributed by atoms with Crippen molar-refractivity contribution >= 4 is 39.7 Å². The lowest BCUT2D eigenvalue weighted by atomic mass is 9.99. The zero-order valence-electron chi connectivity index (χ0n) is 24.0. The molecule has 1 saturated heterocycles. The molecule has 1 aliphatic rings. The minimum Gasteiger partial charge on any atom is -0.465 e. The first kappa shape index (κ1) is 30.2. The Balaban J connectivity index is 2.06. The standard InChI is InChI=1S/C25H40FN5O5Si2/c1-12-25(14-34-37(8,9)23(2,3)4)16(36-38(10,11)24(5,6)7)13-17(35-25)31-15-27-18-19(29-22(32)33)28-21(26)30-20(18)31/h1,15-17H,13-14H2,2-11H3,(H,32,33)(H,28,29,30)/t16-,17+,25+/m0/s1. The van der Waals surface area contributed by atoms with Gasteiger partial charge in [-0.05, 0) is 36.3 Å². The number of imidazole rings is 1. The molecule has 0 unspecified atom stereocenters. The number of aromatic nitrogens is 4. The SMILES string of the molecule is C#C[C@]1(CO[Si](C)(C)C(C)(C)C)O[C@@H](n2cnc3c(NC(=O)O)nc(F)nc32)C[C@@H]1O[Si](C)(C)C(C)(C)C. The van der Waals surface area contributed by atoms with Gasteiger partial charge in [0.25, 0.3) is 0 Å². The number of hydrogen-bond acceptors (Lipinski definition) is 7. The Hall–Kier alpha value is -2.38. The lowest BCUT2D eigenvalue weighted by molar-refractivity contribution is -0.0838. The Kier molecular flexibility index (Phi) is 7.92. The van der Waals surface area contributed by atoms with E-state index in [2.05, 4.69) is 93.9 Å². The van der Waals surface area contributed by atoms with Gasteiger partial charge in [0.1, 0.15) is 6.23 Å². The van der Waals surface area contributed by atoms with Crippen LogP contribution in [0.5, 0.6) is 0 Å². The van der Waals surface area contributed by atoms with Gasteiger partial charge in [-0.15, -0.1) is 6.42 Å². The highest BCUT2D eigenvalue weighted by atomic mass is 28.4. The third kappa shape index (κ3) is 5.79. The maximum Gasteiger partial charge on any atom is 0.410 e. The molecule has 3 atom stereocenters. The normalized spacial score (nSPS) is 23.0. The molecule has 210 valence electrons. The summed E-state index contributed by atoms with van der Waals surface area (Å²) >= 11 is 0. The van der Waals surface area contributed by atoms with E-state index in [0.29, 0.717) is 6.42 Å². The molecule has 0 radical (unpaired) electrons.